The average molecular weight is 376 g/mol. The van der Waals surface area contributed by atoms with Gasteiger partial charge in [-0.3, -0.25) is 15.0 Å². The van der Waals surface area contributed by atoms with Crippen LogP contribution < -0.4 is 4.90 Å². The number of nitrogens with zero attached hydrogens (tertiary/aromatic N) is 4. The van der Waals surface area contributed by atoms with Crippen molar-refractivity contribution in [2.75, 3.05) is 50.7 Å². The summed E-state index contributed by atoms with van der Waals surface area (Å²) in [6.45, 7) is 11.7. The van der Waals surface area contributed by atoms with Crippen LogP contribution in [0.25, 0.3) is 0 Å². The van der Waals surface area contributed by atoms with Gasteiger partial charge >= 0.3 is 6.09 Å². The van der Waals surface area contributed by atoms with E-state index in [1.54, 1.807) is 17.0 Å². The van der Waals surface area contributed by atoms with Crippen molar-refractivity contribution in [3.05, 3.63) is 34.4 Å². The minimum Gasteiger partial charge on any atom is -0.444 e. The molecule has 0 aromatic heterocycles. The molecule has 0 unspecified atom stereocenters. The molecule has 2 saturated heterocycles. The highest BCUT2D eigenvalue weighted by atomic mass is 16.6. The Hall–Kier alpha value is -2.35. The minimum absolute atomic E-state index is 0.131. The summed E-state index contributed by atoms with van der Waals surface area (Å²) < 4.78 is 5.39. The number of nitro benzene ring substituents is 1. The number of anilines is 1. The van der Waals surface area contributed by atoms with Crippen LogP contribution in [0.2, 0.25) is 0 Å². The Kier molecular flexibility index (Phi) is 5.55. The molecule has 0 atom stereocenters. The number of carbonyl (C=O) groups excluding carboxylic acids is 1. The summed E-state index contributed by atoms with van der Waals surface area (Å²) in [4.78, 5) is 28.9. The van der Waals surface area contributed by atoms with Gasteiger partial charge in [0.25, 0.3) is 5.69 Å². The lowest BCUT2D eigenvalue weighted by Gasteiger charge is -2.44. The summed E-state index contributed by atoms with van der Waals surface area (Å²) in [5, 5.41) is 10.9. The number of amides is 1. The molecule has 0 spiro atoms. The fraction of sp³-hybridized carbons (Fsp3) is 0.632. The van der Waals surface area contributed by atoms with Crippen molar-refractivity contribution in [2.45, 2.75) is 26.4 Å². The molecule has 8 nitrogen and oxygen atoms in total. The largest absolute Gasteiger partial charge is 0.444 e. The number of likely N-dealkylation sites (tertiary alicyclic amines) is 1. The third kappa shape index (κ3) is 5.09. The molecule has 2 aliphatic heterocycles. The maximum absolute atomic E-state index is 12.0. The van der Waals surface area contributed by atoms with E-state index >= 15 is 0 Å². The Bertz CT molecular complexity index is 689. The Labute approximate surface area is 159 Å². The van der Waals surface area contributed by atoms with Gasteiger partial charge in [0, 0.05) is 69.6 Å². The highest BCUT2D eigenvalue weighted by Gasteiger charge is 2.35. The Morgan fingerprint density at radius 2 is 1.89 bits per heavy atom. The highest BCUT2D eigenvalue weighted by molar-refractivity contribution is 5.69. The molecule has 0 saturated carbocycles. The summed E-state index contributed by atoms with van der Waals surface area (Å²) in [5.74, 6) is 0.488. The molecule has 1 aromatic carbocycles. The third-order valence-corrected chi connectivity index (χ3v) is 4.90. The van der Waals surface area contributed by atoms with Crippen LogP contribution in [0.15, 0.2) is 24.3 Å². The Morgan fingerprint density at radius 3 is 2.48 bits per heavy atom. The van der Waals surface area contributed by atoms with Gasteiger partial charge in [-0.25, -0.2) is 4.79 Å². The molecule has 1 amide bonds. The first-order valence-corrected chi connectivity index (χ1v) is 9.41. The molecule has 2 fully saturated rings. The second-order valence-electron chi connectivity index (χ2n) is 8.32. The monoisotopic (exact) mass is 376 g/mol. The lowest BCUT2D eigenvalue weighted by Crippen LogP contribution is -2.57. The minimum atomic E-state index is -0.453. The summed E-state index contributed by atoms with van der Waals surface area (Å²) in [6, 6.07) is 6.82. The zero-order valence-electron chi connectivity index (χ0n) is 16.3. The molecule has 148 valence electrons. The number of ether oxygens (including phenoxy) is 1. The van der Waals surface area contributed by atoms with Gasteiger partial charge in [-0.05, 0) is 26.8 Å². The van der Waals surface area contributed by atoms with Gasteiger partial charge in [-0.15, -0.1) is 0 Å². The van der Waals surface area contributed by atoms with Crippen LogP contribution in [-0.4, -0.2) is 72.2 Å². The van der Waals surface area contributed by atoms with Crippen molar-refractivity contribution in [1.82, 2.24) is 9.80 Å². The molecule has 3 rings (SSSR count). The SMILES string of the molecule is CC(C)(C)OC(=O)N1CC(CN2CCN(c3cccc([N+](=O)[O-])c3)CC2)C1. The van der Waals surface area contributed by atoms with Gasteiger partial charge in [-0.2, -0.15) is 0 Å². The van der Waals surface area contributed by atoms with Crippen LogP contribution >= 0.6 is 0 Å². The fourth-order valence-electron chi connectivity index (χ4n) is 3.52. The summed E-state index contributed by atoms with van der Waals surface area (Å²) in [7, 11) is 0. The van der Waals surface area contributed by atoms with E-state index in [1.807, 2.05) is 26.8 Å². The summed E-state index contributed by atoms with van der Waals surface area (Å²) in [6.07, 6.45) is -0.228. The van der Waals surface area contributed by atoms with Crippen molar-refractivity contribution in [3.63, 3.8) is 0 Å². The number of non-ortho nitro benzene ring substituents is 1. The number of piperazine rings is 1. The fourth-order valence-corrected chi connectivity index (χ4v) is 3.52. The predicted molar refractivity (Wildman–Crippen MR) is 103 cm³/mol. The molecule has 2 heterocycles. The van der Waals surface area contributed by atoms with Gasteiger partial charge in [0.05, 0.1) is 4.92 Å². The van der Waals surface area contributed by atoms with Crippen LogP contribution in [-0.2, 0) is 4.74 Å². The Balaban J connectivity index is 1.41. The first kappa shape index (κ1) is 19.4. The number of benzene rings is 1. The zero-order chi connectivity index (χ0) is 19.6. The smallest absolute Gasteiger partial charge is 0.410 e. The van der Waals surface area contributed by atoms with E-state index in [4.69, 9.17) is 4.74 Å². The normalized spacial score (nSPS) is 18.9. The topological polar surface area (TPSA) is 79.2 Å². The van der Waals surface area contributed by atoms with E-state index in [-0.39, 0.29) is 16.7 Å². The second kappa shape index (κ2) is 7.72. The molecular formula is C19H28N4O4. The highest BCUT2D eigenvalue weighted by Crippen LogP contribution is 2.24. The molecule has 8 heteroatoms. The van der Waals surface area contributed by atoms with Crippen LogP contribution in [0.4, 0.5) is 16.2 Å². The molecule has 0 aliphatic carbocycles. The molecule has 0 N–H and O–H groups in total. The van der Waals surface area contributed by atoms with Crippen molar-refractivity contribution < 1.29 is 14.5 Å². The number of rotatable bonds is 4. The van der Waals surface area contributed by atoms with Crippen molar-refractivity contribution >= 4 is 17.5 Å². The van der Waals surface area contributed by atoms with E-state index in [2.05, 4.69) is 9.80 Å². The van der Waals surface area contributed by atoms with E-state index in [1.165, 1.54) is 6.07 Å². The van der Waals surface area contributed by atoms with Gasteiger partial charge in [0.2, 0.25) is 0 Å². The summed E-state index contributed by atoms with van der Waals surface area (Å²) >= 11 is 0. The average Bonchev–Trinajstić information content (AvgIpc) is 2.56. The van der Waals surface area contributed by atoms with Crippen molar-refractivity contribution in [1.29, 1.82) is 0 Å². The molecule has 0 bridgehead atoms. The van der Waals surface area contributed by atoms with Crippen LogP contribution in [0.3, 0.4) is 0 Å². The predicted octanol–water partition coefficient (Wildman–Crippen LogP) is 2.58. The first-order chi connectivity index (χ1) is 12.7. The molecular weight excluding hydrogens is 348 g/mol. The quantitative estimate of drug-likeness (QED) is 0.594. The third-order valence-electron chi connectivity index (χ3n) is 4.90. The lowest BCUT2D eigenvalue weighted by atomic mass is 10.00. The van der Waals surface area contributed by atoms with Gasteiger partial charge in [0.15, 0.2) is 0 Å². The van der Waals surface area contributed by atoms with Gasteiger partial charge < -0.3 is 14.5 Å². The maximum Gasteiger partial charge on any atom is 0.410 e. The van der Waals surface area contributed by atoms with E-state index in [0.717, 1.165) is 51.5 Å². The van der Waals surface area contributed by atoms with E-state index in [9.17, 15) is 14.9 Å². The van der Waals surface area contributed by atoms with E-state index < -0.39 is 5.60 Å². The van der Waals surface area contributed by atoms with Crippen LogP contribution in [0.5, 0.6) is 0 Å². The molecule has 27 heavy (non-hydrogen) atoms. The van der Waals surface area contributed by atoms with Gasteiger partial charge in [-0.1, -0.05) is 6.07 Å². The van der Waals surface area contributed by atoms with Crippen molar-refractivity contribution in [3.8, 4) is 0 Å². The van der Waals surface area contributed by atoms with Crippen molar-refractivity contribution in [2.24, 2.45) is 5.92 Å². The van der Waals surface area contributed by atoms with E-state index in [0.29, 0.717) is 5.92 Å². The maximum atomic E-state index is 12.0. The molecule has 0 radical (unpaired) electrons. The van der Waals surface area contributed by atoms with Crippen LogP contribution in [0.1, 0.15) is 20.8 Å². The summed E-state index contributed by atoms with van der Waals surface area (Å²) in [5.41, 5.74) is 0.584. The molecule has 1 aromatic rings. The zero-order valence-corrected chi connectivity index (χ0v) is 16.3. The number of hydrogen-bond acceptors (Lipinski definition) is 6. The number of carbonyl (C=O) groups is 1. The lowest BCUT2D eigenvalue weighted by molar-refractivity contribution is -0.384. The standard InChI is InChI=1S/C19H28N4O4/c1-19(2,3)27-18(24)22-13-15(14-22)12-20-7-9-21(10-8-20)16-5-4-6-17(11-16)23(25)26/h4-6,11,15H,7-10,12-14H2,1-3H3. The number of nitro groups is 1. The first-order valence-electron chi connectivity index (χ1n) is 9.41. The number of hydrogen-bond donors (Lipinski definition) is 0. The second-order valence-corrected chi connectivity index (χ2v) is 8.32. The van der Waals surface area contributed by atoms with Gasteiger partial charge in [0.1, 0.15) is 5.60 Å². The Morgan fingerprint density at radius 1 is 1.22 bits per heavy atom. The van der Waals surface area contributed by atoms with Crippen LogP contribution in [0, 0.1) is 16.0 Å². The molecule has 2 aliphatic rings.